The van der Waals surface area contributed by atoms with E-state index >= 15 is 0 Å². The summed E-state index contributed by atoms with van der Waals surface area (Å²) in [5.41, 5.74) is 2.89. The molecule has 3 saturated carbocycles. The summed E-state index contributed by atoms with van der Waals surface area (Å²) in [6.45, 7) is 0.882. The smallest absolute Gasteiger partial charge is 0.223 e. The van der Waals surface area contributed by atoms with E-state index in [1.165, 1.54) is 81.8 Å². The fourth-order valence-electron chi connectivity index (χ4n) is 5.31. The van der Waals surface area contributed by atoms with Gasteiger partial charge in [-0.25, -0.2) is 0 Å². The van der Waals surface area contributed by atoms with Crippen LogP contribution in [0.2, 0.25) is 0 Å². The van der Waals surface area contributed by atoms with E-state index < -0.39 is 0 Å². The van der Waals surface area contributed by atoms with E-state index in [1.807, 2.05) is 0 Å². The normalized spacial score (nSPS) is 27.2. The fourth-order valence-corrected chi connectivity index (χ4v) is 5.31. The number of nitrogens with one attached hydrogen (secondary N) is 1. The zero-order chi connectivity index (χ0) is 17.8. The van der Waals surface area contributed by atoms with Crippen LogP contribution < -0.4 is 5.32 Å². The molecule has 1 amide bonds. The van der Waals surface area contributed by atoms with Crippen LogP contribution in [0.5, 0.6) is 0 Å². The molecular formula is C24H35NO. The molecular weight excluding hydrogens is 318 g/mol. The van der Waals surface area contributed by atoms with Crippen molar-refractivity contribution in [3.63, 3.8) is 0 Å². The Kier molecular flexibility index (Phi) is 5.97. The van der Waals surface area contributed by atoms with Crippen LogP contribution >= 0.6 is 0 Å². The van der Waals surface area contributed by atoms with Crippen molar-refractivity contribution in [1.29, 1.82) is 0 Å². The molecule has 2 nitrogen and oxygen atoms in total. The highest BCUT2D eigenvalue weighted by molar-refractivity contribution is 5.82. The summed E-state index contributed by atoms with van der Waals surface area (Å²) in [6, 6.07) is 9.26. The Morgan fingerprint density at radius 3 is 2.15 bits per heavy atom. The van der Waals surface area contributed by atoms with Gasteiger partial charge in [-0.3, -0.25) is 4.79 Å². The lowest BCUT2D eigenvalue weighted by Gasteiger charge is -2.22. The molecule has 26 heavy (non-hydrogen) atoms. The van der Waals surface area contributed by atoms with Gasteiger partial charge in [0.2, 0.25) is 5.91 Å². The summed E-state index contributed by atoms with van der Waals surface area (Å²) < 4.78 is 0. The maximum atomic E-state index is 12.4. The number of amides is 1. The van der Waals surface area contributed by atoms with Crippen molar-refractivity contribution in [3.05, 3.63) is 35.4 Å². The molecule has 0 radical (unpaired) electrons. The van der Waals surface area contributed by atoms with E-state index in [0.29, 0.717) is 11.8 Å². The Morgan fingerprint density at radius 1 is 0.846 bits per heavy atom. The average molecular weight is 354 g/mol. The van der Waals surface area contributed by atoms with E-state index in [-0.39, 0.29) is 5.92 Å². The van der Waals surface area contributed by atoms with E-state index in [4.69, 9.17) is 0 Å². The molecule has 0 aliphatic heterocycles. The lowest BCUT2D eigenvalue weighted by atomic mass is 9.84. The van der Waals surface area contributed by atoms with Gasteiger partial charge in [-0.1, -0.05) is 75.6 Å². The summed E-state index contributed by atoms with van der Waals surface area (Å²) in [4.78, 5) is 12.4. The molecule has 0 saturated heterocycles. The van der Waals surface area contributed by atoms with Crippen LogP contribution in [0.1, 0.15) is 100 Å². The van der Waals surface area contributed by atoms with Gasteiger partial charge >= 0.3 is 0 Å². The summed E-state index contributed by atoms with van der Waals surface area (Å²) in [7, 11) is 0. The van der Waals surface area contributed by atoms with E-state index in [0.717, 1.165) is 24.8 Å². The fraction of sp³-hybridized carbons (Fsp3) is 0.708. The van der Waals surface area contributed by atoms with Crippen molar-refractivity contribution in [3.8, 4) is 0 Å². The number of hydrogen-bond acceptors (Lipinski definition) is 1. The summed E-state index contributed by atoms with van der Waals surface area (Å²) >= 11 is 0. The summed E-state index contributed by atoms with van der Waals surface area (Å²) in [5.74, 6) is 2.61. The second-order valence-electron chi connectivity index (χ2n) is 9.03. The number of carbonyl (C=O) groups excluding carboxylic acids is 1. The number of rotatable bonds is 6. The molecule has 0 heterocycles. The first kappa shape index (κ1) is 18.1. The zero-order valence-electron chi connectivity index (χ0n) is 16.2. The Balaban J connectivity index is 1.22. The highest BCUT2D eigenvalue weighted by Gasteiger charge is 2.43. The zero-order valence-corrected chi connectivity index (χ0v) is 16.2. The van der Waals surface area contributed by atoms with Crippen molar-refractivity contribution in [2.45, 2.75) is 88.9 Å². The van der Waals surface area contributed by atoms with Crippen LogP contribution in [0.3, 0.4) is 0 Å². The van der Waals surface area contributed by atoms with Crippen molar-refractivity contribution >= 4 is 5.91 Å². The average Bonchev–Trinajstić information content (AvgIpc) is 3.51. The minimum Gasteiger partial charge on any atom is -0.356 e. The van der Waals surface area contributed by atoms with E-state index in [9.17, 15) is 4.79 Å². The minimum atomic E-state index is 0.224. The highest BCUT2D eigenvalue weighted by atomic mass is 16.2. The van der Waals surface area contributed by atoms with E-state index in [1.54, 1.807) is 0 Å². The predicted molar refractivity (Wildman–Crippen MR) is 107 cm³/mol. The number of benzene rings is 1. The molecule has 2 atom stereocenters. The first-order chi connectivity index (χ1) is 12.8. The van der Waals surface area contributed by atoms with Gasteiger partial charge in [-0.2, -0.15) is 0 Å². The molecule has 0 spiro atoms. The molecule has 3 aliphatic rings. The van der Waals surface area contributed by atoms with Gasteiger partial charge in [0.05, 0.1) is 0 Å². The van der Waals surface area contributed by atoms with Gasteiger partial charge < -0.3 is 5.32 Å². The van der Waals surface area contributed by atoms with Crippen LogP contribution in [0, 0.1) is 11.8 Å². The standard InChI is InChI=1S/C24H35NO/c26-24(25-16-15-18-7-3-1-4-8-18)23-17-22(23)21-13-11-20(12-14-21)19-9-5-2-6-10-19/h11-14,18-19,22-23H,1-10,15-17H2,(H,25,26). The van der Waals surface area contributed by atoms with Crippen LogP contribution in [0.4, 0.5) is 0 Å². The van der Waals surface area contributed by atoms with Crippen molar-refractivity contribution in [2.75, 3.05) is 6.54 Å². The van der Waals surface area contributed by atoms with Crippen molar-refractivity contribution in [1.82, 2.24) is 5.32 Å². The van der Waals surface area contributed by atoms with Gasteiger partial charge in [-0.05, 0) is 54.6 Å². The molecule has 2 heteroatoms. The Morgan fingerprint density at radius 2 is 1.46 bits per heavy atom. The maximum absolute atomic E-state index is 12.4. The number of carbonyl (C=O) groups is 1. The molecule has 1 N–H and O–H groups in total. The Hall–Kier alpha value is -1.31. The van der Waals surface area contributed by atoms with Crippen LogP contribution in [0.25, 0.3) is 0 Å². The van der Waals surface area contributed by atoms with Crippen molar-refractivity contribution < 1.29 is 4.79 Å². The third kappa shape index (κ3) is 4.50. The Labute approximate surface area is 159 Å². The molecule has 1 aromatic carbocycles. The van der Waals surface area contributed by atoms with Crippen LogP contribution in [-0.4, -0.2) is 12.5 Å². The molecule has 3 fully saturated rings. The Bertz CT molecular complexity index is 581. The van der Waals surface area contributed by atoms with Crippen LogP contribution in [0.15, 0.2) is 24.3 Å². The first-order valence-corrected chi connectivity index (χ1v) is 11.2. The van der Waals surface area contributed by atoms with Gasteiger partial charge in [0.15, 0.2) is 0 Å². The summed E-state index contributed by atoms with van der Waals surface area (Å²) in [6.07, 6.45) is 16.0. The largest absolute Gasteiger partial charge is 0.356 e. The minimum absolute atomic E-state index is 0.224. The van der Waals surface area contributed by atoms with Crippen molar-refractivity contribution in [2.24, 2.45) is 11.8 Å². The molecule has 142 valence electrons. The third-order valence-corrected chi connectivity index (χ3v) is 7.14. The molecule has 2 unspecified atom stereocenters. The lowest BCUT2D eigenvalue weighted by molar-refractivity contribution is -0.122. The predicted octanol–water partition coefficient (Wildman–Crippen LogP) is 5.92. The lowest BCUT2D eigenvalue weighted by Crippen LogP contribution is -2.28. The van der Waals surface area contributed by atoms with E-state index in [2.05, 4.69) is 29.6 Å². The monoisotopic (exact) mass is 353 g/mol. The molecule has 3 aliphatic carbocycles. The van der Waals surface area contributed by atoms with Gasteiger partial charge in [0.1, 0.15) is 0 Å². The van der Waals surface area contributed by atoms with Gasteiger partial charge in [0.25, 0.3) is 0 Å². The molecule has 1 aromatic rings. The molecule has 0 bridgehead atoms. The van der Waals surface area contributed by atoms with Gasteiger partial charge in [-0.15, -0.1) is 0 Å². The topological polar surface area (TPSA) is 29.1 Å². The second kappa shape index (κ2) is 8.59. The third-order valence-electron chi connectivity index (χ3n) is 7.14. The molecule has 0 aromatic heterocycles. The quantitative estimate of drug-likeness (QED) is 0.675. The maximum Gasteiger partial charge on any atom is 0.223 e. The molecule has 4 rings (SSSR count). The van der Waals surface area contributed by atoms with Gasteiger partial charge in [0, 0.05) is 12.5 Å². The SMILES string of the molecule is O=C(NCCC1CCCCC1)C1CC1c1ccc(C2CCCCC2)cc1. The second-order valence-corrected chi connectivity index (χ2v) is 9.03. The summed E-state index contributed by atoms with van der Waals surface area (Å²) in [5, 5.41) is 3.22. The van der Waals surface area contributed by atoms with Crippen LogP contribution in [-0.2, 0) is 4.79 Å². The highest BCUT2D eigenvalue weighted by Crippen LogP contribution is 2.48. The first-order valence-electron chi connectivity index (χ1n) is 11.2. The number of hydrogen-bond donors (Lipinski definition) is 1.